The summed E-state index contributed by atoms with van der Waals surface area (Å²) in [7, 11) is 0. The fourth-order valence-electron chi connectivity index (χ4n) is 3.54. The van der Waals surface area contributed by atoms with Gasteiger partial charge in [0.05, 0.1) is 5.71 Å². The predicted octanol–water partition coefficient (Wildman–Crippen LogP) is 3.38. The number of nitrogens with zero attached hydrogens (tertiary/aromatic N) is 2. The van der Waals surface area contributed by atoms with Crippen LogP contribution in [0.4, 0.5) is 0 Å². The average Bonchev–Trinajstić information content (AvgIpc) is 3.14. The second-order valence-electron chi connectivity index (χ2n) is 7.11. The standard InChI is InChI=1S/C23H22N4O3/c1-15-20-18(26-27-22(28)17-10-12-24-13-11-17)8-5-9-19(20)30-21(15)23(29)25-14-16-6-3-2-4-7-16/h2-4,6-7,10-13H,5,8-9,14H2,1H3,(H,25,29)(H,27,28)/b26-18+. The number of aryl methyl sites for hydroxylation is 1. The molecule has 1 aliphatic rings. The van der Waals surface area contributed by atoms with Crippen molar-refractivity contribution in [1.29, 1.82) is 0 Å². The summed E-state index contributed by atoms with van der Waals surface area (Å²) in [6.07, 6.45) is 5.40. The van der Waals surface area contributed by atoms with Crippen molar-refractivity contribution in [2.24, 2.45) is 5.10 Å². The monoisotopic (exact) mass is 402 g/mol. The van der Waals surface area contributed by atoms with Crippen molar-refractivity contribution < 1.29 is 14.0 Å². The van der Waals surface area contributed by atoms with Gasteiger partial charge in [0, 0.05) is 42.0 Å². The molecule has 7 nitrogen and oxygen atoms in total. The molecular formula is C23H22N4O3. The highest BCUT2D eigenvalue weighted by atomic mass is 16.4. The van der Waals surface area contributed by atoms with Gasteiger partial charge in [-0.2, -0.15) is 5.10 Å². The quantitative estimate of drug-likeness (QED) is 0.640. The van der Waals surface area contributed by atoms with Gasteiger partial charge in [0.2, 0.25) is 0 Å². The average molecular weight is 402 g/mol. The van der Waals surface area contributed by atoms with Crippen molar-refractivity contribution in [2.45, 2.75) is 32.7 Å². The van der Waals surface area contributed by atoms with Gasteiger partial charge >= 0.3 is 0 Å². The number of aromatic nitrogens is 1. The Morgan fingerprint density at radius 2 is 1.83 bits per heavy atom. The first-order chi connectivity index (χ1) is 14.6. The lowest BCUT2D eigenvalue weighted by Crippen LogP contribution is -2.23. The maximum Gasteiger partial charge on any atom is 0.287 e. The number of hydrogen-bond donors (Lipinski definition) is 2. The third-order valence-electron chi connectivity index (χ3n) is 5.06. The van der Waals surface area contributed by atoms with Crippen LogP contribution in [0.15, 0.2) is 64.4 Å². The van der Waals surface area contributed by atoms with Gasteiger partial charge in [-0.25, -0.2) is 5.43 Å². The maximum atomic E-state index is 12.7. The van der Waals surface area contributed by atoms with Gasteiger partial charge in [0.15, 0.2) is 5.76 Å². The molecule has 3 aromatic rings. The van der Waals surface area contributed by atoms with E-state index in [1.54, 1.807) is 24.5 Å². The van der Waals surface area contributed by atoms with Crippen molar-refractivity contribution in [2.75, 3.05) is 0 Å². The van der Waals surface area contributed by atoms with Crippen LogP contribution in [0.1, 0.15) is 56.2 Å². The van der Waals surface area contributed by atoms with Crippen LogP contribution in [-0.2, 0) is 13.0 Å². The fourth-order valence-corrected chi connectivity index (χ4v) is 3.54. The lowest BCUT2D eigenvalue weighted by atomic mass is 9.93. The van der Waals surface area contributed by atoms with Crippen LogP contribution in [0.25, 0.3) is 0 Å². The molecule has 152 valence electrons. The number of fused-ring (bicyclic) bond motifs is 1. The number of hydrazone groups is 1. The van der Waals surface area contributed by atoms with E-state index in [0.29, 0.717) is 24.3 Å². The maximum absolute atomic E-state index is 12.7. The number of pyridine rings is 1. The van der Waals surface area contributed by atoms with Gasteiger partial charge in [-0.3, -0.25) is 14.6 Å². The Morgan fingerprint density at radius 3 is 2.60 bits per heavy atom. The third kappa shape index (κ3) is 4.15. The van der Waals surface area contributed by atoms with Crippen molar-refractivity contribution >= 4 is 17.5 Å². The molecule has 4 rings (SSSR count). The van der Waals surface area contributed by atoms with Crippen LogP contribution >= 0.6 is 0 Å². The number of nitrogens with one attached hydrogen (secondary N) is 2. The van der Waals surface area contributed by atoms with Gasteiger partial charge in [-0.15, -0.1) is 0 Å². The Morgan fingerprint density at radius 1 is 1.07 bits per heavy atom. The van der Waals surface area contributed by atoms with E-state index in [9.17, 15) is 9.59 Å². The first-order valence-electron chi connectivity index (χ1n) is 9.85. The van der Waals surface area contributed by atoms with Crippen LogP contribution in [-0.4, -0.2) is 22.5 Å². The van der Waals surface area contributed by atoms with Gasteiger partial charge in [0.1, 0.15) is 5.76 Å². The van der Waals surface area contributed by atoms with E-state index in [0.717, 1.165) is 41.0 Å². The summed E-state index contributed by atoms with van der Waals surface area (Å²) in [6.45, 7) is 2.28. The van der Waals surface area contributed by atoms with Gasteiger partial charge in [-0.05, 0) is 37.5 Å². The SMILES string of the molecule is Cc1c(C(=O)NCc2ccccc2)oc2c1/C(=N/NC(=O)c1ccncc1)CCC2. The van der Waals surface area contributed by atoms with E-state index >= 15 is 0 Å². The Balaban J connectivity index is 1.51. The number of carbonyl (C=O) groups excluding carboxylic acids is 2. The molecule has 0 bridgehead atoms. The smallest absolute Gasteiger partial charge is 0.287 e. The molecule has 0 fully saturated rings. The molecule has 2 aromatic heterocycles. The van der Waals surface area contributed by atoms with Crippen molar-refractivity contribution in [1.82, 2.24) is 15.7 Å². The summed E-state index contributed by atoms with van der Waals surface area (Å²) in [6, 6.07) is 13.0. The second kappa shape index (κ2) is 8.73. The van der Waals surface area contributed by atoms with Gasteiger partial charge < -0.3 is 9.73 Å². The molecule has 2 heterocycles. The van der Waals surface area contributed by atoms with Crippen molar-refractivity contribution in [3.8, 4) is 0 Å². The van der Waals surface area contributed by atoms with E-state index in [-0.39, 0.29) is 11.8 Å². The zero-order valence-electron chi connectivity index (χ0n) is 16.6. The summed E-state index contributed by atoms with van der Waals surface area (Å²) < 4.78 is 5.89. The fraction of sp³-hybridized carbons (Fsp3) is 0.217. The topological polar surface area (TPSA) is 96.6 Å². The van der Waals surface area contributed by atoms with Gasteiger partial charge in [0.25, 0.3) is 11.8 Å². The third-order valence-corrected chi connectivity index (χ3v) is 5.06. The minimum Gasteiger partial charge on any atom is -0.455 e. The lowest BCUT2D eigenvalue weighted by Gasteiger charge is -2.13. The molecule has 2 amide bonds. The Labute approximate surface area is 174 Å². The molecule has 2 N–H and O–H groups in total. The highest BCUT2D eigenvalue weighted by Gasteiger charge is 2.28. The molecule has 1 aliphatic carbocycles. The highest BCUT2D eigenvalue weighted by molar-refractivity contribution is 6.07. The summed E-state index contributed by atoms with van der Waals surface area (Å²) in [5, 5.41) is 7.24. The molecule has 0 saturated carbocycles. The van der Waals surface area contributed by atoms with E-state index in [1.807, 2.05) is 37.3 Å². The van der Waals surface area contributed by atoms with Gasteiger partial charge in [-0.1, -0.05) is 30.3 Å². The van der Waals surface area contributed by atoms with Crippen LogP contribution < -0.4 is 10.7 Å². The summed E-state index contributed by atoms with van der Waals surface area (Å²) in [5.74, 6) is 0.469. The molecule has 0 aliphatic heterocycles. The normalized spacial score (nSPS) is 14.2. The lowest BCUT2D eigenvalue weighted by molar-refractivity contribution is 0.0919. The molecule has 0 radical (unpaired) electrons. The van der Waals surface area contributed by atoms with Crippen molar-refractivity contribution in [3.05, 3.63) is 88.6 Å². The van der Waals surface area contributed by atoms with E-state index in [1.165, 1.54) is 0 Å². The molecule has 0 atom stereocenters. The number of furan rings is 1. The summed E-state index contributed by atoms with van der Waals surface area (Å²) in [5.41, 5.74) is 6.38. The largest absolute Gasteiger partial charge is 0.455 e. The number of amides is 2. The number of benzene rings is 1. The Bertz CT molecular complexity index is 1090. The van der Waals surface area contributed by atoms with Crippen LogP contribution in [0.2, 0.25) is 0 Å². The summed E-state index contributed by atoms with van der Waals surface area (Å²) in [4.78, 5) is 28.9. The molecule has 7 heteroatoms. The number of rotatable bonds is 5. The zero-order chi connectivity index (χ0) is 20.9. The van der Waals surface area contributed by atoms with Crippen molar-refractivity contribution in [3.63, 3.8) is 0 Å². The van der Waals surface area contributed by atoms with Crippen LogP contribution in [0.3, 0.4) is 0 Å². The minimum absolute atomic E-state index is 0.258. The molecule has 0 spiro atoms. The van der Waals surface area contributed by atoms with E-state index < -0.39 is 0 Å². The van der Waals surface area contributed by atoms with E-state index in [2.05, 4.69) is 20.8 Å². The van der Waals surface area contributed by atoms with E-state index in [4.69, 9.17) is 4.42 Å². The first kappa shape index (κ1) is 19.6. The minimum atomic E-state index is -0.306. The molecule has 1 aromatic carbocycles. The highest BCUT2D eigenvalue weighted by Crippen LogP contribution is 2.29. The number of hydrogen-bond acceptors (Lipinski definition) is 5. The molecule has 0 saturated heterocycles. The molecule has 30 heavy (non-hydrogen) atoms. The molecular weight excluding hydrogens is 380 g/mol. The Hall–Kier alpha value is -3.74. The predicted molar refractivity (Wildman–Crippen MR) is 112 cm³/mol. The zero-order valence-corrected chi connectivity index (χ0v) is 16.6. The summed E-state index contributed by atoms with van der Waals surface area (Å²) >= 11 is 0. The number of carbonyl (C=O) groups is 2. The van der Waals surface area contributed by atoms with Crippen LogP contribution in [0.5, 0.6) is 0 Å². The van der Waals surface area contributed by atoms with Crippen LogP contribution in [0, 0.1) is 6.92 Å². The Kier molecular flexibility index (Phi) is 5.70. The second-order valence-corrected chi connectivity index (χ2v) is 7.11. The first-order valence-corrected chi connectivity index (χ1v) is 9.85. The molecule has 0 unspecified atom stereocenters.